The second-order valence-corrected chi connectivity index (χ2v) is 6.75. The van der Waals surface area contributed by atoms with Gasteiger partial charge in [0.25, 0.3) is 0 Å². The number of methoxy groups -OCH3 is 2. The number of carbonyl (C=O) groups is 1. The van der Waals surface area contributed by atoms with Crippen LogP contribution in [0.25, 0.3) is 0 Å². The molecule has 1 amide bonds. The molecule has 1 aliphatic heterocycles. The van der Waals surface area contributed by atoms with Crippen molar-refractivity contribution in [3.05, 3.63) is 52.5 Å². The van der Waals surface area contributed by atoms with E-state index in [9.17, 15) is 4.79 Å². The number of hydrogen-bond donors (Lipinski definition) is 1. The first-order valence-corrected chi connectivity index (χ1v) is 8.94. The highest BCUT2D eigenvalue weighted by atomic mass is 35.5. The molecule has 0 radical (unpaired) electrons. The van der Waals surface area contributed by atoms with Crippen molar-refractivity contribution in [3.8, 4) is 11.5 Å². The second kappa shape index (κ2) is 7.98. The Morgan fingerprint density at radius 1 is 1.15 bits per heavy atom. The Hall–Kier alpha value is -2.24. The van der Waals surface area contributed by atoms with Gasteiger partial charge in [-0.2, -0.15) is 0 Å². The first-order valence-electron chi connectivity index (χ1n) is 8.56. The second-order valence-electron chi connectivity index (χ2n) is 6.34. The third kappa shape index (κ3) is 3.79. The first-order chi connectivity index (χ1) is 12.5. The number of halogens is 1. The number of ether oxygens (including phenoxy) is 2. The summed E-state index contributed by atoms with van der Waals surface area (Å²) in [4.78, 5) is 14.8. The number of nitrogens with one attached hydrogen (secondary N) is 1. The summed E-state index contributed by atoms with van der Waals surface area (Å²) in [6.45, 7) is 3.41. The summed E-state index contributed by atoms with van der Waals surface area (Å²) in [5.41, 5.74) is 3.03. The van der Waals surface area contributed by atoms with Gasteiger partial charge in [0.05, 0.1) is 31.0 Å². The number of rotatable bonds is 5. The maximum Gasteiger partial charge on any atom is 0.241 e. The molecule has 2 aromatic carbocycles. The van der Waals surface area contributed by atoms with Crippen molar-refractivity contribution in [3.63, 3.8) is 0 Å². The van der Waals surface area contributed by atoms with Crippen LogP contribution in [-0.2, 0) is 17.8 Å². The van der Waals surface area contributed by atoms with Crippen LogP contribution in [0.2, 0.25) is 5.02 Å². The summed E-state index contributed by atoms with van der Waals surface area (Å²) in [5, 5.41) is 3.45. The summed E-state index contributed by atoms with van der Waals surface area (Å²) in [7, 11) is 3.27. The van der Waals surface area contributed by atoms with Crippen LogP contribution in [-0.4, -0.2) is 37.6 Å². The van der Waals surface area contributed by atoms with Crippen LogP contribution in [0.3, 0.4) is 0 Å². The number of carbonyl (C=O) groups excluding carboxylic acids is 1. The number of para-hydroxylation sites is 1. The van der Waals surface area contributed by atoms with Crippen LogP contribution in [0.15, 0.2) is 36.4 Å². The lowest BCUT2D eigenvalue weighted by Crippen LogP contribution is -2.44. The molecule has 0 saturated carbocycles. The van der Waals surface area contributed by atoms with E-state index in [2.05, 4.69) is 10.2 Å². The van der Waals surface area contributed by atoms with Crippen molar-refractivity contribution < 1.29 is 14.3 Å². The zero-order valence-electron chi connectivity index (χ0n) is 15.2. The molecule has 1 unspecified atom stereocenters. The predicted molar refractivity (Wildman–Crippen MR) is 103 cm³/mol. The van der Waals surface area contributed by atoms with Crippen LogP contribution in [0.1, 0.15) is 18.1 Å². The van der Waals surface area contributed by atoms with Crippen LogP contribution in [0.4, 0.5) is 5.69 Å². The van der Waals surface area contributed by atoms with Crippen LogP contribution in [0.5, 0.6) is 11.5 Å². The molecule has 138 valence electrons. The van der Waals surface area contributed by atoms with Gasteiger partial charge >= 0.3 is 0 Å². The van der Waals surface area contributed by atoms with Crippen molar-refractivity contribution in [2.75, 3.05) is 26.1 Å². The molecule has 26 heavy (non-hydrogen) atoms. The minimum atomic E-state index is -0.271. The SMILES string of the molecule is COc1cc2c(cc1OC)CN(C(C)C(=O)Nc1ccccc1Cl)CC2. The van der Waals surface area contributed by atoms with Crippen molar-refractivity contribution in [1.29, 1.82) is 0 Å². The summed E-state index contributed by atoms with van der Waals surface area (Å²) >= 11 is 6.13. The summed E-state index contributed by atoms with van der Waals surface area (Å²) in [5.74, 6) is 1.38. The molecule has 3 rings (SSSR count). The predicted octanol–water partition coefficient (Wildman–Crippen LogP) is 3.74. The summed E-state index contributed by atoms with van der Waals surface area (Å²) in [6.07, 6.45) is 0.861. The Morgan fingerprint density at radius 2 is 1.81 bits per heavy atom. The van der Waals surface area contributed by atoms with Gasteiger partial charge < -0.3 is 14.8 Å². The van der Waals surface area contributed by atoms with Crippen molar-refractivity contribution in [2.24, 2.45) is 0 Å². The topological polar surface area (TPSA) is 50.8 Å². The Labute approximate surface area is 158 Å². The van der Waals surface area contributed by atoms with Gasteiger partial charge in [0.15, 0.2) is 11.5 Å². The molecule has 6 heteroatoms. The molecule has 0 spiro atoms. The molecule has 0 fully saturated rings. The molecule has 0 aromatic heterocycles. The molecule has 1 aliphatic rings. The van der Waals surface area contributed by atoms with E-state index in [0.29, 0.717) is 23.0 Å². The zero-order chi connectivity index (χ0) is 18.7. The van der Waals surface area contributed by atoms with Gasteiger partial charge in [-0.3, -0.25) is 9.69 Å². The van der Waals surface area contributed by atoms with Crippen LogP contribution >= 0.6 is 11.6 Å². The van der Waals surface area contributed by atoms with E-state index in [-0.39, 0.29) is 11.9 Å². The van der Waals surface area contributed by atoms with E-state index in [0.717, 1.165) is 24.3 Å². The molecule has 0 aliphatic carbocycles. The van der Waals surface area contributed by atoms with Crippen molar-refractivity contribution in [1.82, 2.24) is 4.90 Å². The standard InChI is InChI=1S/C20H23ClN2O3/c1-13(20(24)22-17-7-5-4-6-16(17)21)23-9-8-14-10-18(25-2)19(26-3)11-15(14)12-23/h4-7,10-11,13H,8-9,12H2,1-3H3,(H,22,24). The fraction of sp³-hybridized carbons (Fsp3) is 0.350. The summed E-state index contributed by atoms with van der Waals surface area (Å²) in [6, 6.07) is 11.0. The fourth-order valence-corrected chi connectivity index (χ4v) is 3.38. The van der Waals surface area contributed by atoms with Crippen molar-refractivity contribution in [2.45, 2.75) is 25.9 Å². The number of fused-ring (bicyclic) bond motifs is 1. The summed E-state index contributed by atoms with van der Waals surface area (Å²) < 4.78 is 10.8. The van der Waals surface area contributed by atoms with E-state index in [4.69, 9.17) is 21.1 Å². The molecule has 1 N–H and O–H groups in total. The highest BCUT2D eigenvalue weighted by Gasteiger charge is 2.27. The van der Waals surface area contributed by atoms with Crippen molar-refractivity contribution >= 4 is 23.2 Å². The normalized spacial score (nSPS) is 15.1. The maximum absolute atomic E-state index is 12.6. The van der Waals surface area contributed by atoms with Gasteiger partial charge in [-0.1, -0.05) is 23.7 Å². The highest BCUT2D eigenvalue weighted by Crippen LogP contribution is 2.33. The average Bonchev–Trinajstić information content (AvgIpc) is 2.67. The molecule has 1 atom stereocenters. The minimum absolute atomic E-state index is 0.0676. The van der Waals surface area contributed by atoms with E-state index >= 15 is 0 Å². The van der Waals surface area contributed by atoms with E-state index in [1.54, 1.807) is 26.4 Å². The number of hydrogen-bond acceptors (Lipinski definition) is 4. The zero-order valence-corrected chi connectivity index (χ0v) is 16.0. The van der Waals surface area contributed by atoms with Gasteiger partial charge in [0.1, 0.15) is 0 Å². The molecular formula is C20H23ClN2O3. The first kappa shape index (κ1) is 18.5. The fourth-order valence-electron chi connectivity index (χ4n) is 3.20. The average molecular weight is 375 g/mol. The van der Waals surface area contributed by atoms with Gasteiger partial charge in [0, 0.05) is 13.1 Å². The third-order valence-corrected chi connectivity index (χ3v) is 5.14. The molecule has 5 nitrogen and oxygen atoms in total. The van der Waals surface area contributed by atoms with Crippen LogP contribution < -0.4 is 14.8 Å². The maximum atomic E-state index is 12.6. The molecule has 2 aromatic rings. The Balaban J connectivity index is 1.73. The molecular weight excluding hydrogens is 352 g/mol. The largest absolute Gasteiger partial charge is 0.493 e. The monoisotopic (exact) mass is 374 g/mol. The smallest absolute Gasteiger partial charge is 0.241 e. The van der Waals surface area contributed by atoms with Gasteiger partial charge in [-0.25, -0.2) is 0 Å². The lowest BCUT2D eigenvalue weighted by Gasteiger charge is -2.33. The lowest BCUT2D eigenvalue weighted by molar-refractivity contribution is -0.121. The highest BCUT2D eigenvalue weighted by molar-refractivity contribution is 6.33. The van der Waals surface area contributed by atoms with E-state index in [1.165, 1.54) is 5.56 Å². The number of anilines is 1. The lowest BCUT2D eigenvalue weighted by atomic mass is 9.97. The van der Waals surface area contributed by atoms with Crippen LogP contribution in [0, 0.1) is 0 Å². The van der Waals surface area contributed by atoms with E-state index in [1.807, 2.05) is 31.2 Å². The Bertz CT molecular complexity index is 810. The molecule has 0 bridgehead atoms. The van der Waals surface area contributed by atoms with Gasteiger partial charge in [0.2, 0.25) is 5.91 Å². The Morgan fingerprint density at radius 3 is 2.46 bits per heavy atom. The third-order valence-electron chi connectivity index (χ3n) is 4.81. The number of benzene rings is 2. The number of nitrogens with zero attached hydrogens (tertiary/aromatic N) is 1. The minimum Gasteiger partial charge on any atom is -0.493 e. The van der Waals surface area contributed by atoms with E-state index < -0.39 is 0 Å². The molecule has 0 saturated heterocycles. The van der Waals surface area contributed by atoms with Gasteiger partial charge in [-0.05, 0) is 48.7 Å². The molecule has 1 heterocycles. The Kier molecular flexibility index (Phi) is 5.69. The van der Waals surface area contributed by atoms with Gasteiger partial charge in [-0.15, -0.1) is 0 Å². The quantitative estimate of drug-likeness (QED) is 0.866. The number of amides is 1.